The molecule has 186 valence electrons. The van der Waals surface area contributed by atoms with E-state index in [4.69, 9.17) is 0 Å². The number of nitrogens with one attached hydrogen (secondary N) is 1. The molecule has 3 amide bonds. The average Bonchev–Trinajstić information content (AvgIpc) is 3.42. The standard InChI is InChI=1S/C26H29F2N3O4/c27-26(28)35-22-11-2-1-10-21(22)25(34)31-14-6-9-20(17-31)23(32)29-16-18-7-5-8-19(15-18)24(33)30-12-3-4-13-30/h1-2,5,7-8,10-11,15,20,26H,3-4,6,9,12-14,16-17H2,(H,29,32). The molecular formula is C26H29F2N3O4. The smallest absolute Gasteiger partial charge is 0.387 e. The van der Waals surface area contributed by atoms with Crippen molar-refractivity contribution in [1.82, 2.24) is 15.1 Å². The maximum Gasteiger partial charge on any atom is 0.387 e. The second-order valence-electron chi connectivity index (χ2n) is 8.88. The zero-order valence-electron chi connectivity index (χ0n) is 19.4. The molecule has 2 aliphatic rings. The van der Waals surface area contributed by atoms with Crippen molar-refractivity contribution in [3.05, 3.63) is 65.2 Å². The van der Waals surface area contributed by atoms with E-state index in [1.165, 1.54) is 23.1 Å². The molecule has 4 rings (SSSR count). The Morgan fingerprint density at radius 3 is 2.46 bits per heavy atom. The molecule has 1 unspecified atom stereocenters. The summed E-state index contributed by atoms with van der Waals surface area (Å²) in [5.74, 6) is -1.20. The topological polar surface area (TPSA) is 79.0 Å². The second kappa shape index (κ2) is 11.3. The highest BCUT2D eigenvalue weighted by molar-refractivity contribution is 5.97. The first kappa shape index (κ1) is 24.6. The SMILES string of the molecule is O=C(NCc1cccc(C(=O)N2CCCC2)c1)C1CCCN(C(=O)c2ccccc2OC(F)F)C1. The number of carbonyl (C=O) groups is 3. The maximum absolute atomic E-state index is 13.0. The van der Waals surface area contributed by atoms with Crippen LogP contribution in [0.3, 0.4) is 0 Å². The van der Waals surface area contributed by atoms with E-state index in [2.05, 4.69) is 10.1 Å². The minimum Gasteiger partial charge on any atom is -0.434 e. The van der Waals surface area contributed by atoms with Gasteiger partial charge in [0.1, 0.15) is 5.75 Å². The zero-order valence-corrected chi connectivity index (χ0v) is 19.4. The van der Waals surface area contributed by atoms with Crippen molar-refractivity contribution in [2.75, 3.05) is 26.2 Å². The van der Waals surface area contributed by atoms with Crippen LogP contribution in [0.1, 0.15) is 52.0 Å². The summed E-state index contributed by atoms with van der Waals surface area (Å²) in [6, 6.07) is 13.1. The van der Waals surface area contributed by atoms with Gasteiger partial charge in [0.05, 0.1) is 11.5 Å². The van der Waals surface area contributed by atoms with Crippen molar-refractivity contribution in [1.29, 1.82) is 0 Å². The van der Waals surface area contributed by atoms with E-state index < -0.39 is 18.4 Å². The van der Waals surface area contributed by atoms with Gasteiger partial charge < -0.3 is 19.9 Å². The molecule has 0 bridgehead atoms. The van der Waals surface area contributed by atoms with Crippen LogP contribution in [0, 0.1) is 5.92 Å². The van der Waals surface area contributed by atoms with Crippen LogP contribution in [0.5, 0.6) is 5.75 Å². The number of amides is 3. The third-order valence-electron chi connectivity index (χ3n) is 6.45. The predicted octanol–water partition coefficient (Wildman–Crippen LogP) is 3.69. The van der Waals surface area contributed by atoms with Gasteiger partial charge in [-0.3, -0.25) is 14.4 Å². The number of piperidine rings is 1. The van der Waals surface area contributed by atoms with Gasteiger partial charge in [-0.15, -0.1) is 0 Å². The molecule has 0 saturated carbocycles. The lowest BCUT2D eigenvalue weighted by Crippen LogP contribution is -2.45. The number of ether oxygens (including phenoxy) is 1. The number of halogens is 2. The molecule has 2 saturated heterocycles. The molecule has 1 atom stereocenters. The summed E-state index contributed by atoms with van der Waals surface area (Å²) in [4.78, 5) is 41.9. The van der Waals surface area contributed by atoms with Crippen molar-refractivity contribution >= 4 is 17.7 Å². The fraction of sp³-hybridized carbons (Fsp3) is 0.423. The number of likely N-dealkylation sites (tertiary alicyclic amines) is 2. The van der Waals surface area contributed by atoms with E-state index in [1.54, 1.807) is 18.2 Å². The lowest BCUT2D eigenvalue weighted by Gasteiger charge is -2.32. The number of para-hydroxylation sites is 1. The van der Waals surface area contributed by atoms with Crippen LogP contribution in [0.2, 0.25) is 0 Å². The zero-order chi connectivity index (χ0) is 24.8. The Morgan fingerprint density at radius 1 is 0.943 bits per heavy atom. The first-order chi connectivity index (χ1) is 16.9. The number of benzene rings is 2. The van der Waals surface area contributed by atoms with Crippen molar-refractivity contribution < 1.29 is 27.9 Å². The monoisotopic (exact) mass is 485 g/mol. The number of carbonyl (C=O) groups excluding carboxylic acids is 3. The van der Waals surface area contributed by atoms with E-state index in [-0.39, 0.29) is 36.2 Å². The fourth-order valence-corrected chi connectivity index (χ4v) is 4.64. The van der Waals surface area contributed by atoms with E-state index in [0.717, 1.165) is 31.5 Å². The van der Waals surface area contributed by atoms with Gasteiger partial charge in [-0.05, 0) is 55.5 Å². The Hall–Kier alpha value is -3.49. The van der Waals surface area contributed by atoms with Crippen LogP contribution >= 0.6 is 0 Å². The summed E-state index contributed by atoms with van der Waals surface area (Å²) >= 11 is 0. The van der Waals surface area contributed by atoms with E-state index in [9.17, 15) is 23.2 Å². The first-order valence-corrected chi connectivity index (χ1v) is 11.9. The van der Waals surface area contributed by atoms with Gasteiger partial charge in [-0.25, -0.2) is 0 Å². The summed E-state index contributed by atoms with van der Waals surface area (Å²) in [6.45, 7) is -0.582. The summed E-state index contributed by atoms with van der Waals surface area (Å²) in [5.41, 5.74) is 1.48. The minimum absolute atomic E-state index is 0.00761. The van der Waals surface area contributed by atoms with Crippen LogP contribution in [0.25, 0.3) is 0 Å². The molecular weight excluding hydrogens is 456 g/mol. The van der Waals surface area contributed by atoms with Gasteiger partial charge in [-0.1, -0.05) is 24.3 Å². The average molecular weight is 486 g/mol. The van der Waals surface area contributed by atoms with Crippen molar-refractivity contribution in [3.63, 3.8) is 0 Å². The Balaban J connectivity index is 1.35. The van der Waals surface area contributed by atoms with E-state index in [1.807, 2.05) is 17.0 Å². The maximum atomic E-state index is 13.0. The molecule has 2 aromatic rings. The molecule has 1 N–H and O–H groups in total. The molecule has 2 heterocycles. The van der Waals surface area contributed by atoms with Crippen molar-refractivity contribution in [2.24, 2.45) is 5.92 Å². The molecule has 2 aromatic carbocycles. The van der Waals surface area contributed by atoms with Crippen LogP contribution in [0.4, 0.5) is 8.78 Å². The molecule has 35 heavy (non-hydrogen) atoms. The Morgan fingerprint density at radius 2 is 1.69 bits per heavy atom. The van der Waals surface area contributed by atoms with Crippen molar-refractivity contribution in [2.45, 2.75) is 38.8 Å². The normalized spacial score (nSPS) is 18.0. The molecule has 0 aliphatic carbocycles. The highest BCUT2D eigenvalue weighted by Crippen LogP contribution is 2.25. The van der Waals surface area contributed by atoms with Crippen LogP contribution in [-0.2, 0) is 11.3 Å². The number of alkyl halides is 2. The van der Waals surface area contributed by atoms with Gasteiger partial charge in [0.25, 0.3) is 11.8 Å². The fourth-order valence-electron chi connectivity index (χ4n) is 4.64. The van der Waals surface area contributed by atoms with Gasteiger partial charge in [0.2, 0.25) is 5.91 Å². The van der Waals surface area contributed by atoms with Crippen LogP contribution in [0.15, 0.2) is 48.5 Å². The van der Waals surface area contributed by atoms with Gasteiger partial charge in [0.15, 0.2) is 0 Å². The summed E-state index contributed by atoms with van der Waals surface area (Å²) < 4.78 is 29.9. The quantitative estimate of drug-likeness (QED) is 0.649. The largest absolute Gasteiger partial charge is 0.434 e. The highest BCUT2D eigenvalue weighted by Gasteiger charge is 2.30. The third-order valence-corrected chi connectivity index (χ3v) is 6.45. The van der Waals surface area contributed by atoms with Crippen molar-refractivity contribution in [3.8, 4) is 5.75 Å². The molecule has 9 heteroatoms. The lowest BCUT2D eigenvalue weighted by atomic mass is 9.96. The lowest BCUT2D eigenvalue weighted by molar-refractivity contribution is -0.126. The highest BCUT2D eigenvalue weighted by atomic mass is 19.3. The Bertz CT molecular complexity index is 1070. The van der Waals surface area contributed by atoms with Gasteiger partial charge in [-0.2, -0.15) is 8.78 Å². The van der Waals surface area contributed by atoms with Crippen LogP contribution in [-0.4, -0.2) is 60.3 Å². The minimum atomic E-state index is -3.03. The molecule has 7 nitrogen and oxygen atoms in total. The summed E-state index contributed by atoms with van der Waals surface area (Å²) in [7, 11) is 0. The first-order valence-electron chi connectivity index (χ1n) is 11.9. The Labute approximate surface area is 203 Å². The number of hydrogen-bond donors (Lipinski definition) is 1. The molecule has 0 radical (unpaired) electrons. The third kappa shape index (κ3) is 6.15. The van der Waals surface area contributed by atoms with Gasteiger partial charge >= 0.3 is 6.61 Å². The molecule has 2 aliphatic heterocycles. The van der Waals surface area contributed by atoms with Crippen LogP contribution < -0.4 is 10.1 Å². The predicted molar refractivity (Wildman–Crippen MR) is 125 cm³/mol. The number of rotatable bonds is 7. The molecule has 0 aromatic heterocycles. The summed E-state index contributed by atoms with van der Waals surface area (Å²) in [6.07, 6.45) is 3.29. The summed E-state index contributed by atoms with van der Waals surface area (Å²) in [5, 5.41) is 2.92. The molecule has 2 fully saturated rings. The Kier molecular flexibility index (Phi) is 7.94. The number of hydrogen-bond acceptors (Lipinski definition) is 4. The second-order valence-corrected chi connectivity index (χ2v) is 8.88. The van der Waals surface area contributed by atoms with E-state index >= 15 is 0 Å². The van der Waals surface area contributed by atoms with E-state index in [0.29, 0.717) is 24.9 Å². The molecule has 0 spiro atoms. The number of nitrogens with zero attached hydrogens (tertiary/aromatic N) is 2. The van der Waals surface area contributed by atoms with Gasteiger partial charge in [0, 0.05) is 38.3 Å².